The SMILES string of the molecule is CC1CCCC1CNc1nccs1. The summed E-state index contributed by atoms with van der Waals surface area (Å²) in [7, 11) is 0. The van der Waals surface area contributed by atoms with Gasteiger partial charge in [-0.25, -0.2) is 4.98 Å². The van der Waals surface area contributed by atoms with Crippen LogP contribution in [0.1, 0.15) is 26.2 Å². The third kappa shape index (κ3) is 2.21. The van der Waals surface area contributed by atoms with Crippen LogP contribution in [0.3, 0.4) is 0 Å². The van der Waals surface area contributed by atoms with Crippen LogP contribution in [-0.4, -0.2) is 11.5 Å². The average Bonchev–Trinajstić information content (AvgIpc) is 2.72. The summed E-state index contributed by atoms with van der Waals surface area (Å²) in [5, 5.41) is 6.49. The van der Waals surface area contributed by atoms with Crippen molar-refractivity contribution in [1.82, 2.24) is 4.98 Å². The molecule has 1 heterocycles. The van der Waals surface area contributed by atoms with Crippen molar-refractivity contribution in [2.75, 3.05) is 11.9 Å². The summed E-state index contributed by atoms with van der Waals surface area (Å²) >= 11 is 1.69. The van der Waals surface area contributed by atoms with Crippen LogP contribution in [-0.2, 0) is 0 Å². The van der Waals surface area contributed by atoms with Crippen LogP contribution in [0.25, 0.3) is 0 Å². The Morgan fingerprint density at radius 2 is 2.54 bits per heavy atom. The van der Waals surface area contributed by atoms with Gasteiger partial charge in [0.15, 0.2) is 5.13 Å². The van der Waals surface area contributed by atoms with Gasteiger partial charge in [0.1, 0.15) is 0 Å². The van der Waals surface area contributed by atoms with Crippen LogP contribution in [0.2, 0.25) is 0 Å². The number of nitrogens with one attached hydrogen (secondary N) is 1. The molecule has 72 valence electrons. The first-order chi connectivity index (χ1) is 6.36. The first-order valence-corrected chi connectivity index (χ1v) is 5.87. The van der Waals surface area contributed by atoms with Crippen molar-refractivity contribution in [1.29, 1.82) is 0 Å². The number of hydrogen-bond donors (Lipinski definition) is 1. The number of rotatable bonds is 3. The summed E-state index contributed by atoms with van der Waals surface area (Å²) in [5.41, 5.74) is 0. The first-order valence-electron chi connectivity index (χ1n) is 4.99. The number of anilines is 1. The van der Waals surface area contributed by atoms with Crippen LogP contribution in [0.15, 0.2) is 11.6 Å². The topological polar surface area (TPSA) is 24.9 Å². The Morgan fingerprint density at radius 3 is 3.15 bits per heavy atom. The molecule has 1 aromatic rings. The van der Waals surface area contributed by atoms with Gasteiger partial charge in [-0.15, -0.1) is 11.3 Å². The van der Waals surface area contributed by atoms with E-state index >= 15 is 0 Å². The highest BCUT2D eigenvalue weighted by Gasteiger charge is 2.22. The summed E-state index contributed by atoms with van der Waals surface area (Å²) in [5.74, 6) is 1.76. The van der Waals surface area contributed by atoms with Crippen molar-refractivity contribution in [3.8, 4) is 0 Å². The van der Waals surface area contributed by atoms with Gasteiger partial charge in [-0.05, 0) is 18.3 Å². The maximum Gasteiger partial charge on any atom is 0.182 e. The zero-order chi connectivity index (χ0) is 9.10. The van der Waals surface area contributed by atoms with Gasteiger partial charge in [0, 0.05) is 18.1 Å². The van der Waals surface area contributed by atoms with E-state index in [2.05, 4.69) is 17.2 Å². The lowest BCUT2D eigenvalue weighted by Gasteiger charge is -2.14. The fourth-order valence-electron chi connectivity index (χ4n) is 2.05. The van der Waals surface area contributed by atoms with Crippen molar-refractivity contribution >= 4 is 16.5 Å². The van der Waals surface area contributed by atoms with Crippen LogP contribution in [0, 0.1) is 11.8 Å². The van der Waals surface area contributed by atoms with E-state index in [0.29, 0.717) is 0 Å². The van der Waals surface area contributed by atoms with Gasteiger partial charge in [-0.2, -0.15) is 0 Å². The molecule has 1 N–H and O–H groups in total. The van der Waals surface area contributed by atoms with Crippen molar-refractivity contribution in [2.45, 2.75) is 26.2 Å². The lowest BCUT2D eigenvalue weighted by molar-refractivity contribution is 0.439. The van der Waals surface area contributed by atoms with Crippen LogP contribution >= 0.6 is 11.3 Å². The fraction of sp³-hybridized carbons (Fsp3) is 0.700. The molecule has 0 saturated heterocycles. The molecular weight excluding hydrogens is 180 g/mol. The monoisotopic (exact) mass is 196 g/mol. The lowest BCUT2D eigenvalue weighted by atomic mass is 9.98. The second-order valence-electron chi connectivity index (χ2n) is 3.89. The summed E-state index contributed by atoms with van der Waals surface area (Å²) in [6.45, 7) is 3.47. The van der Waals surface area contributed by atoms with Gasteiger partial charge in [0.05, 0.1) is 0 Å². The number of aromatic nitrogens is 1. The van der Waals surface area contributed by atoms with Crippen molar-refractivity contribution < 1.29 is 0 Å². The van der Waals surface area contributed by atoms with E-state index in [1.165, 1.54) is 19.3 Å². The largest absolute Gasteiger partial charge is 0.361 e. The summed E-state index contributed by atoms with van der Waals surface area (Å²) in [6.07, 6.45) is 6.06. The van der Waals surface area contributed by atoms with E-state index in [-0.39, 0.29) is 0 Å². The Morgan fingerprint density at radius 1 is 1.62 bits per heavy atom. The third-order valence-corrected chi connectivity index (χ3v) is 3.72. The lowest BCUT2D eigenvalue weighted by Crippen LogP contribution is -2.16. The Bertz CT molecular complexity index is 245. The molecule has 2 rings (SSSR count). The zero-order valence-electron chi connectivity index (χ0n) is 7.99. The first kappa shape index (κ1) is 9.00. The van der Waals surface area contributed by atoms with Crippen LogP contribution < -0.4 is 5.32 Å². The van der Waals surface area contributed by atoms with Gasteiger partial charge in [0.2, 0.25) is 0 Å². The molecule has 1 aliphatic carbocycles. The minimum Gasteiger partial charge on any atom is -0.361 e. The minimum atomic E-state index is 0.865. The van der Waals surface area contributed by atoms with Gasteiger partial charge < -0.3 is 5.32 Å². The van der Waals surface area contributed by atoms with E-state index < -0.39 is 0 Å². The predicted octanol–water partition coefficient (Wildman–Crippen LogP) is 2.99. The van der Waals surface area contributed by atoms with Crippen LogP contribution in [0.5, 0.6) is 0 Å². The Kier molecular flexibility index (Phi) is 2.83. The van der Waals surface area contributed by atoms with Gasteiger partial charge >= 0.3 is 0 Å². The minimum absolute atomic E-state index is 0.865. The molecule has 1 fully saturated rings. The Balaban J connectivity index is 1.79. The highest BCUT2D eigenvalue weighted by Crippen LogP contribution is 2.31. The normalized spacial score (nSPS) is 27.8. The van der Waals surface area contributed by atoms with E-state index in [1.54, 1.807) is 11.3 Å². The third-order valence-electron chi connectivity index (χ3n) is 2.99. The van der Waals surface area contributed by atoms with Gasteiger partial charge in [-0.3, -0.25) is 0 Å². The Labute approximate surface area is 83.4 Å². The molecule has 13 heavy (non-hydrogen) atoms. The van der Waals surface area contributed by atoms with E-state index in [1.807, 2.05) is 11.6 Å². The number of hydrogen-bond acceptors (Lipinski definition) is 3. The van der Waals surface area contributed by atoms with E-state index in [4.69, 9.17) is 0 Å². The highest BCUT2D eigenvalue weighted by atomic mass is 32.1. The summed E-state index contributed by atoms with van der Waals surface area (Å²) in [4.78, 5) is 4.21. The Hall–Kier alpha value is -0.570. The molecule has 2 atom stereocenters. The van der Waals surface area contributed by atoms with Gasteiger partial charge in [-0.1, -0.05) is 19.8 Å². The van der Waals surface area contributed by atoms with E-state index in [0.717, 1.165) is 23.5 Å². The maximum absolute atomic E-state index is 4.21. The second-order valence-corrected chi connectivity index (χ2v) is 4.78. The number of nitrogens with zero attached hydrogens (tertiary/aromatic N) is 1. The molecule has 3 heteroatoms. The van der Waals surface area contributed by atoms with Crippen LogP contribution in [0.4, 0.5) is 5.13 Å². The van der Waals surface area contributed by atoms with Crippen molar-refractivity contribution in [2.24, 2.45) is 11.8 Å². The van der Waals surface area contributed by atoms with E-state index in [9.17, 15) is 0 Å². The standard InChI is InChI=1S/C10H16N2S/c1-8-3-2-4-9(8)7-12-10-11-5-6-13-10/h5-6,8-9H,2-4,7H2,1H3,(H,11,12). The van der Waals surface area contributed by atoms with Gasteiger partial charge in [0.25, 0.3) is 0 Å². The molecule has 2 nitrogen and oxygen atoms in total. The summed E-state index contributed by atoms with van der Waals surface area (Å²) < 4.78 is 0. The molecule has 0 aliphatic heterocycles. The molecule has 0 radical (unpaired) electrons. The molecule has 0 bridgehead atoms. The molecule has 0 aromatic carbocycles. The molecule has 1 saturated carbocycles. The molecule has 1 aromatic heterocycles. The highest BCUT2D eigenvalue weighted by molar-refractivity contribution is 7.13. The molecular formula is C10H16N2S. The predicted molar refractivity (Wildman–Crippen MR) is 57.1 cm³/mol. The zero-order valence-corrected chi connectivity index (χ0v) is 8.81. The smallest absolute Gasteiger partial charge is 0.182 e. The molecule has 2 unspecified atom stereocenters. The summed E-state index contributed by atoms with van der Waals surface area (Å²) in [6, 6.07) is 0. The molecule has 0 spiro atoms. The molecule has 0 amide bonds. The van der Waals surface area contributed by atoms with Crippen molar-refractivity contribution in [3.63, 3.8) is 0 Å². The fourth-order valence-corrected chi connectivity index (χ4v) is 2.59. The maximum atomic E-state index is 4.21. The quantitative estimate of drug-likeness (QED) is 0.804. The van der Waals surface area contributed by atoms with Crippen molar-refractivity contribution in [3.05, 3.63) is 11.6 Å². The second kappa shape index (κ2) is 4.09. The molecule has 1 aliphatic rings. The number of thiazole rings is 1. The average molecular weight is 196 g/mol.